The van der Waals surface area contributed by atoms with E-state index in [4.69, 9.17) is 21.3 Å². The molecule has 0 aliphatic rings. The molecule has 35 heavy (non-hydrogen) atoms. The zero-order valence-electron chi connectivity index (χ0n) is 19.8. The Labute approximate surface area is 215 Å². The highest BCUT2D eigenvalue weighted by Crippen LogP contribution is 2.48. The molecule has 0 unspecified atom stereocenters. The van der Waals surface area contributed by atoms with Crippen molar-refractivity contribution in [3.8, 4) is 27.6 Å². The standard InChI is InChI=1S/C30H25ClN2OS/c1-20-8-16-24(17-9-20)33(25-18-10-21(2)11-19-25)30-28(26-6-4-5-7-27(26)34-3)32-29(35-30)22-12-14-23(31)15-13-22/h4-19H,1-3H3. The fourth-order valence-electron chi connectivity index (χ4n) is 3.97. The summed E-state index contributed by atoms with van der Waals surface area (Å²) in [6.45, 7) is 4.21. The SMILES string of the molecule is COc1ccccc1-c1nc(-c2ccc(Cl)cc2)sc1N(c1ccc(C)cc1)c1ccc(C)cc1. The van der Waals surface area contributed by atoms with E-state index < -0.39 is 0 Å². The first-order chi connectivity index (χ1) is 17.0. The molecule has 0 atom stereocenters. The van der Waals surface area contributed by atoms with Crippen molar-refractivity contribution in [3.05, 3.63) is 113 Å². The summed E-state index contributed by atoms with van der Waals surface area (Å²) in [6.07, 6.45) is 0. The van der Waals surface area contributed by atoms with E-state index in [-0.39, 0.29) is 0 Å². The highest BCUT2D eigenvalue weighted by molar-refractivity contribution is 7.19. The number of benzene rings is 4. The lowest BCUT2D eigenvalue weighted by Gasteiger charge is -2.25. The lowest BCUT2D eigenvalue weighted by atomic mass is 10.1. The van der Waals surface area contributed by atoms with Gasteiger partial charge in [-0.1, -0.05) is 82.6 Å². The van der Waals surface area contributed by atoms with Gasteiger partial charge in [-0.25, -0.2) is 4.98 Å². The molecule has 5 aromatic rings. The van der Waals surface area contributed by atoms with Gasteiger partial charge in [-0.2, -0.15) is 0 Å². The number of halogens is 1. The van der Waals surface area contributed by atoms with Gasteiger partial charge in [0.1, 0.15) is 21.5 Å². The second-order valence-corrected chi connectivity index (χ2v) is 9.80. The first-order valence-electron chi connectivity index (χ1n) is 11.4. The molecule has 0 amide bonds. The van der Waals surface area contributed by atoms with Crippen molar-refractivity contribution in [1.29, 1.82) is 0 Å². The zero-order chi connectivity index (χ0) is 24.4. The molecule has 1 heterocycles. The number of ether oxygens (including phenoxy) is 1. The maximum atomic E-state index is 6.17. The summed E-state index contributed by atoms with van der Waals surface area (Å²) in [5.41, 5.74) is 7.42. The summed E-state index contributed by atoms with van der Waals surface area (Å²) in [7, 11) is 1.70. The predicted octanol–water partition coefficient (Wildman–Crippen LogP) is 9.23. The Hall–Kier alpha value is -3.60. The highest BCUT2D eigenvalue weighted by Gasteiger charge is 2.24. The van der Waals surface area contributed by atoms with Gasteiger partial charge in [-0.15, -0.1) is 0 Å². The molecule has 0 saturated heterocycles. The molecule has 174 valence electrons. The van der Waals surface area contributed by atoms with Gasteiger partial charge in [0, 0.05) is 27.5 Å². The summed E-state index contributed by atoms with van der Waals surface area (Å²) in [5, 5.41) is 2.64. The van der Waals surface area contributed by atoms with E-state index in [1.165, 1.54) is 11.1 Å². The molecule has 1 aromatic heterocycles. The Bertz CT molecular complexity index is 1400. The first-order valence-corrected chi connectivity index (χ1v) is 12.6. The Kier molecular flexibility index (Phi) is 6.58. The first kappa shape index (κ1) is 23.2. The topological polar surface area (TPSA) is 25.4 Å². The lowest BCUT2D eigenvalue weighted by molar-refractivity contribution is 0.416. The molecule has 0 spiro atoms. The summed E-state index contributed by atoms with van der Waals surface area (Å²) < 4.78 is 5.74. The number of para-hydroxylation sites is 1. The van der Waals surface area contributed by atoms with E-state index in [0.29, 0.717) is 5.02 Å². The third-order valence-electron chi connectivity index (χ3n) is 5.85. The molecular formula is C30H25ClN2OS. The van der Waals surface area contributed by atoms with Crippen molar-refractivity contribution >= 4 is 39.3 Å². The van der Waals surface area contributed by atoms with Crippen LogP contribution >= 0.6 is 22.9 Å². The quantitative estimate of drug-likeness (QED) is 0.234. The largest absolute Gasteiger partial charge is 0.496 e. The predicted molar refractivity (Wildman–Crippen MR) is 149 cm³/mol. The molecule has 5 rings (SSSR count). The number of aryl methyl sites for hydroxylation is 2. The van der Waals surface area contributed by atoms with Crippen LogP contribution in [0.2, 0.25) is 5.02 Å². The van der Waals surface area contributed by atoms with Crippen molar-refractivity contribution in [3.63, 3.8) is 0 Å². The third-order valence-corrected chi connectivity index (χ3v) is 7.19. The second-order valence-electron chi connectivity index (χ2n) is 8.39. The fraction of sp³-hybridized carbons (Fsp3) is 0.100. The van der Waals surface area contributed by atoms with Crippen LogP contribution in [0.4, 0.5) is 16.4 Å². The summed E-state index contributed by atoms with van der Waals surface area (Å²) >= 11 is 7.82. The number of hydrogen-bond donors (Lipinski definition) is 0. The summed E-state index contributed by atoms with van der Waals surface area (Å²) in [6, 6.07) is 33.0. The van der Waals surface area contributed by atoms with Crippen LogP contribution in [0.15, 0.2) is 97.1 Å². The number of thiazole rings is 1. The van der Waals surface area contributed by atoms with E-state index in [9.17, 15) is 0 Å². The normalized spacial score (nSPS) is 10.9. The van der Waals surface area contributed by atoms with E-state index >= 15 is 0 Å². The van der Waals surface area contributed by atoms with E-state index in [0.717, 1.165) is 44.0 Å². The number of nitrogens with zero attached hydrogens (tertiary/aromatic N) is 2. The lowest BCUT2D eigenvalue weighted by Crippen LogP contribution is -2.09. The van der Waals surface area contributed by atoms with Crippen LogP contribution in [-0.2, 0) is 0 Å². The van der Waals surface area contributed by atoms with Gasteiger partial charge in [-0.3, -0.25) is 0 Å². The van der Waals surface area contributed by atoms with Gasteiger partial charge in [0.25, 0.3) is 0 Å². The number of rotatable bonds is 6. The van der Waals surface area contributed by atoms with Gasteiger partial charge in [0.05, 0.1) is 7.11 Å². The van der Waals surface area contributed by atoms with Crippen LogP contribution in [-0.4, -0.2) is 12.1 Å². The number of hydrogen-bond acceptors (Lipinski definition) is 4. The number of aromatic nitrogens is 1. The average molecular weight is 497 g/mol. The van der Waals surface area contributed by atoms with Gasteiger partial charge >= 0.3 is 0 Å². The molecular weight excluding hydrogens is 472 g/mol. The third kappa shape index (κ3) is 4.81. The molecule has 0 bridgehead atoms. The maximum absolute atomic E-state index is 6.17. The van der Waals surface area contributed by atoms with Gasteiger partial charge < -0.3 is 9.64 Å². The monoisotopic (exact) mass is 496 g/mol. The molecule has 0 aliphatic carbocycles. The smallest absolute Gasteiger partial charge is 0.129 e. The zero-order valence-corrected chi connectivity index (χ0v) is 21.4. The molecule has 0 N–H and O–H groups in total. The minimum absolute atomic E-state index is 0.705. The van der Waals surface area contributed by atoms with Gasteiger partial charge in [0.2, 0.25) is 0 Å². The van der Waals surface area contributed by atoms with Crippen molar-refractivity contribution in [1.82, 2.24) is 4.98 Å². The fourth-order valence-corrected chi connectivity index (χ4v) is 5.22. The molecule has 4 aromatic carbocycles. The van der Waals surface area contributed by atoms with Crippen LogP contribution < -0.4 is 9.64 Å². The Balaban J connectivity index is 1.77. The number of anilines is 3. The molecule has 0 radical (unpaired) electrons. The molecule has 0 aliphatic heterocycles. The van der Waals surface area contributed by atoms with Crippen molar-refractivity contribution < 1.29 is 4.74 Å². The minimum Gasteiger partial charge on any atom is -0.496 e. The Morgan fingerprint density at radius 3 is 1.89 bits per heavy atom. The molecule has 3 nitrogen and oxygen atoms in total. The van der Waals surface area contributed by atoms with Gasteiger partial charge in [0.15, 0.2) is 0 Å². The van der Waals surface area contributed by atoms with Crippen LogP contribution in [0.1, 0.15) is 11.1 Å². The van der Waals surface area contributed by atoms with E-state index in [2.05, 4.69) is 73.3 Å². The van der Waals surface area contributed by atoms with Crippen molar-refractivity contribution in [2.24, 2.45) is 0 Å². The molecule has 0 saturated carbocycles. The van der Waals surface area contributed by atoms with Crippen LogP contribution in [0.5, 0.6) is 5.75 Å². The van der Waals surface area contributed by atoms with Crippen LogP contribution in [0.25, 0.3) is 21.8 Å². The van der Waals surface area contributed by atoms with E-state index in [1.54, 1.807) is 18.4 Å². The molecule has 0 fully saturated rings. The van der Waals surface area contributed by atoms with Crippen LogP contribution in [0, 0.1) is 13.8 Å². The summed E-state index contributed by atoms with van der Waals surface area (Å²) in [5.74, 6) is 0.787. The maximum Gasteiger partial charge on any atom is 0.129 e. The second kappa shape index (κ2) is 9.95. The minimum atomic E-state index is 0.705. The van der Waals surface area contributed by atoms with Gasteiger partial charge in [-0.05, 0) is 62.4 Å². The Morgan fingerprint density at radius 1 is 0.743 bits per heavy atom. The molecule has 5 heteroatoms. The van der Waals surface area contributed by atoms with Crippen LogP contribution in [0.3, 0.4) is 0 Å². The highest BCUT2D eigenvalue weighted by atomic mass is 35.5. The number of methoxy groups -OCH3 is 1. The Morgan fingerprint density at radius 2 is 1.31 bits per heavy atom. The van der Waals surface area contributed by atoms with E-state index in [1.807, 2.05) is 42.5 Å². The van der Waals surface area contributed by atoms with Crippen molar-refractivity contribution in [2.45, 2.75) is 13.8 Å². The average Bonchev–Trinajstić information content (AvgIpc) is 3.31. The summed E-state index contributed by atoms with van der Waals surface area (Å²) in [4.78, 5) is 7.43. The van der Waals surface area contributed by atoms with Crippen molar-refractivity contribution in [2.75, 3.05) is 12.0 Å².